The van der Waals surface area contributed by atoms with E-state index in [1.807, 2.05) is 47.3 Å². The van der Waals surface area contributed by atoms with Gasteiger partial charge in [0.1, 0.15) is 29.8 Å². The summed E-state index contributed by atoms with van der Waals surface area (Å²) in [6.45, 7) is 0.628. The van der Waals surface area contributed by atoms with Crippen LogP contribution < -0.4 is 0 Å². The highest BCUT2D eigenvalue weighted by Crippen LogP contribution is 2.38. The molecular weight excluding hydrogens is 422 g/mol. The number of aromatic nitrogens is 4. The lowest BCUT2D eigenvalue weighted by molar-refractivity contribution is 0.114. The predicted molar refractivity (Wildman–Crippen MR) is 121 cm³/mol. The molecule has 0 saturated heterocycles. The van der Waals surface area contributed by atoms with E-state index in [1.165, 1.54) is 18.5 Å². The van der Waals surface area contributed by atoms with Crippen LogP contribution in [0.2, 0.25) is 0 Å². The van der Waals surface area contributed by atoms with Crippen LogP contribution >= 0.6 is 0 Å². The molecule has 164 valence electrons. The molecule has 1 saturated carbocycles. The lowest BCUT2D eigenvalue weighted by Crippen LogP contribution is -2.28. The summed E-state index contributed by atoms with van der Waals surface area (Å²) < 4.78 is 34.8. The van der Waals surface area contributed by atoms with Crippen LogP contribution in [-0.4, -0.2) is 25.9 Å². The predicted octanol–water partition coefficient (Wildman–Crippen LogP) is 6.31. The fourth-order valence-electron chi connectivity index (χ4n) is 4.39. The quantitative estimate of drug-likeness (QED) is 0.320. The van der Waals surface area contributed by atoms with Gasteiger partial charge in [-0.2, -0.15) is 5.10 Å². The van der Waals surface area contributed by atoms with Crippen molar-refractivity contribution in [3.05, 3.63) is 79.0 Å². The van der Waals surface area contributed by atoms with Gasteiger partial charge in [-0.3, -0.25) is 4.68 Å². The second-order valence-electron chi connectivity index (χ2n) is 8.47. The maximum absolute atomic E-state index is 13.6. The highest BCUT2D eigenvalue weighted by atomic mass is 19.1. The molecule has 0 unspecified atom stereocenters. The van der Waals surface area contributed by atoms with Crippen molar-refractivity contribution >= 4 is 11.1 Å². The Morgan fingerprint density at radius 3 is 2.48 bits per heavy atom. The summed E-state index contributed by atoms with van der Waals surface area (Å²) in [5.74, 6) is 0.652. The summed E-state index contributed by atoms with van der Waals surface area (Å²) in [7, 11) is 0. The summed E-state index contributed by atoms with van der Waals surface area (Å²) in [6, 6.07) is 18.0. The first-order valence-corrected chi connectivity index (χ1v) is 10.9. The molecule has 7 heteroatoms. The van der Waals surface area contributed by atoms with Crippen molar-refractivity contribution in [2.45, 2.75) is 25.6 Å². The van der Waals surface area contributed by atoms with Gasteiger partial charge in [-0.25, -0.2) is 18.7 Å². The zero-order chi connectivity index (χ0) is 22.4. The van der Waals surface area contributed by atoms with Gasteiger partial charge in [-0.05, 0) is 49.1 Å². The largest absolute Gasteiger partial charge is 0.438 e. The van der Waals surface area contributed by atoms with Crippen LogP contribution in [0.3, 0.4) is 0 Å². The van der Waals surface area contributed by atoms with Crippen LogP contribution in [0.4, 0.5) is 8.78 Å². The smallest absolute Gasteiger partial charge is 0.230 e. The Morgan fingerprint density at radius 1 is 0.939 bits per heavy atom. The maximum atomic E-state index is 13.6. The van der Waals surface area contributed by atoms with E-state index in [4.69, 9.17) is 9.52 Å². The monoisotopic (exact) mass is 442 g/mol. The molecule has 5 nitrogen and oxygen atoms in total. The van der Waals surface area contributed by atoms with Crippen molar-refractivity contribution in [3.8, 4) is 33.8 Å². The lowest BCUT2D eigenvalue weighted by Gasteiger charge is -2.29. The van der Waals surface area contributed by atoms with Crippen molar-refractivity contribution < 1.29 is 13.2 Å². The highest BCUT2D eigenvalue weighted by Gasteiger charge is 2.30. The molecule has 1 aliphatic rings. The van der Waals surface area contributed by atoms with Crippen molar-refractivity contribution in [2.24, 2.45) is 5.92 Å². The van der Waals surface area contributed by atoms with Gasteiger partial charge in [0.05, 0.1) is 11.1 Å². The van der Waals surface area contributed by atoms with Crippen molar-refractivity contribution in [1.29, 1.82) is 0 Å². The Kier molecular flexibility index (Phi) is 4.75. The average Bonchev–Trinajstić information content (AvgIpc) is 3.44. The van der Waals surface area contributed by atoms with Crippen molar-refractivity contribution in [1.82, 2.24) is 19.7 Å². The van der Waals surface area contributed by atoms with E-state index in [9.17, 15) is 8.78 Å². The summed E-state index contributed by atoms with van der Waals surface area (Å²) in [5, 5.41) is 5.56. The summed E-state index contributed by atoms with van der Waals surface area (Å²) in [5.41, 5.74) is 4.38. The van der Waals surface area contributed by atoms with Crippen LogP contribution in [0.15, 0.2) is 77.6 Å². The Labute approximate surface area is 188 Å². The van der Waals surface area contributed by atoms with E-state index >= 15 is 0 Å². The number of hydrogen-bond donors (Lipinski definition) is 0. The number of nitrogens with zero attached hydrogens (tertiary/aromatic N) is 4. The summed E-state index contributed by atoms with van der Waals surface area (Å²) in [4.78, 5) is 8.89. The number of rotatable bonds is 5. The maximum Gasteiger partial charge on any atom is 0.230 e. The minimum absolute atomic E-state index is 0.262. The second kappa shape index (κ2) is 7.92. The van der Waals surface area contributed by atoms with E-state index in [2.05, 4.69) is 9.97 Å². The van der Waals surface area contributed by atoms with Crippen LogP contribution in [0.1, 0.15) is 12.8 Å². The van der Waals surface area contributed by atoms with E-state index < -0.39 is 6.17 Å². The van der Waals surface area contributed by atoms with Gasteiger partial charge in [-0.15, -0.1) is 0 Å². The first-order valence-electron chi connectivity index (χ1n) is 10.9. The van der Waals surface area contributed by atoms with Crippen molar-refractivity contribution in [2.75, 3.05) is 0 Å². The lowest BCUT2D eigenvalue weighted by atomic mass is 9.83. The van der Waals surface area contributed by atoms with Gasteiger partial charge in [0, 0.05) is 29.4 Å². The number of fused-ring (bicyclic) bond motifs is 1. The van der Waals surface area contributed by atoms with Gasteiger partial charge in [-0.1, -0.05) is 30.3 Å². The van der Waals surface area contributed by atoms with Crippen LogP contribution in [0, 0.1) is 11.7 Å². The third-order valence-corrected chi connectivity index (χ3v) is 6.15. The number of hydrogen-bond acceptors (Lipinski definition) is 4. The fourth-order valence-corrected chi connectivity index (χ4v) is 4.39. The molecule has 0 radical (unpaired) electrons. The molecule has 5 aromatic rings. The summed E-state index contributed by atoms with van der Waals surface area (Å²) in [6.07, 6.45) is 3.80. The molecule has 2 aromatic carbocycles. The Balaban J connectivity index is 1.48. The standard InChI is InChI=1S/C26H20F2N4O/c27-19-8-6-18(7-9-19)24-22(14-32(31-24)13-16-10-20(28)11-16)25-21-12-23(17-4-2-1-3-5-17)33-26(21)30-15-29-25/h1-9,12,14-16,20H,10-11,13H2. The van der Waals surface area contributed by atoms with E-state index in [1.54, 1.807) is 12.1 Å². The molecule has 1 aliphatic carbocycles. The van der Waals surface area contributed by atoms with Gasteiger partial charge >= 0.3 is 0 Å². The Hall–Kier alpha value is -3.87. The SMILES string of the molecule is Fc1ccc(-c2nn(CC3CC(F)C3)cc2-c2ncnc3oc(-c4ccccc4)cc23)cc1. The second-order valence-corrected chi connectivity index (χ2v) is 8.47. The Morgan fingerprint density at radius 2 is 1.73 bits per heavy atom. The minimum Gasteiger partial charge on any atom is -0.438 e. The van der Waals surface area contributed by atoms with Gasteiger partial charge in [0.2, 0.25) is 5.71 Å². The normalized spacial score (nSPS) is 17.9. The third-order valence-electron chi connectivity index (χ3n) is 6.15. The number of halogens is 2. The molecule has 6 rings (SSSR count). The van der Waals surface area contributed by atoms with E-state index in [0.717, 1.165) is 22.1 Å². The van der Waals surface area contributed by atoms with Gasteiger partial charge < -0.3 is 4.42 Å². The zero-order valence-electron chi connectivity index (χ0n) is 17.7. The Bertz CT molecular complexity index is 1420. The van der Waals surface area contributed by atoms with E-state index in [0.29, 0.717) is 42.2 Å². The fraction of sp³-hybridized carbons (Fsp3) is 0.192. The van der Waals surface area contributed by atoms with Gasteiger partial charge in [0.25, 0.3) is 0 Å². The van der Waals surface area contributed by atoms with Crippen LogP contribution in [0.5, 0.6) is 0 Å². The average molecular weight is 442 g/mol. The third kappa shape index (κ3) is 3.69. The molecule has 33 heavy (non-hydrogen) atoms. The number of furan rings is 1. The molecule has 0 spiro atoms. The zero-order valence-corrected chi connectivity index (χ0v) is 17.7. The first kappa shape index (κ1) is 19.8. The molecule has 0 amide bonds. The van der Waals surface area contributed by atoms with Crippen LogP contribution in [-0.2, 0) is 6.54 Å². The molecule has 3 aromatic heterocycles. The number of alkyl halides is 1. The molecule has 0 bridgehead atoms. The molecule has 1 fully saturated rings. The molecule has 0 atom stereocenters. The topological polar surface area (TPSA) is 56.7 Å². The van der Waals surface area contributed by atoms with Gasteiger partial charge in [0.15, 0.2) is 0 Å². The molecular formula is C26H20F2N4O. The van der Waals surface area contributed by atoms with Crippen molar-refractivity contribution in [3.63, 3.8) is 0 Å². The van der Waals surface area contributed by atoms with E-state index in [-0.39, 0.29) is 11.7 Å². The first-order chi connectivity index (χ1) is 16.1. The highest BCUT2D eigenvalue weighted by molar-refractivity contribution is 5.95. The molecule has 3 heterocycles. The minimum atomic E-state index is -0.717. The molecule has 0 aliphatic heterocycles. The molecule has 0 N–H and O–H groups in total. The number of benzene rings is 2. The van der Waals surface area contributed by atoms with Crippen LogP contribution in [0.25, 0.3) is 44.9 Å². The summed E-state index contributed by atoms with van der Waals surface area (Å²) >= 11 is 0.